The molecule has 1 fully saturated rings. The number of hydrogen-bond acceptors (Lipinski definition) is 5. The third-order valence-electron chi connectivity index (χ3n) is 2.66. The second kappa shape index (κ2) is 5.23. The van der Waals surface area contributed by atoms with Gasteiger partial charge in [-0.25, -0.2) is 4.98 Å². The van der Waals surface area contributed by atoms with Gasteiger partial charge in [-0.15, -0.1) is 11.3 Å². The number of ether oxygens (including phenoxy) is 1. The Balaban J connectivity index is 1.93. The van der Waals surface area contributed by atoms with Gasteiger partial charge >= 0.3 is 0 Å². The lowest BCUT2D eigenvalue weighted by Gasteiger charge is -2.35. The second-order valence-corrected chi connectivity index (χ2v) is 5.37. The molecule has 1 N–H and O–H groups in total. The number of aliphatic hydroxyl groups is 1. The number of aliphatic hydroxyl groups excluding tert-OH is 1. The lowest BCUT2D eigenvalue weighted by Crippen LogP contribution is -2.47. The summed E-state index contributed by atoms with van der Waals surface area (Å²) in [6, 6.07) is 0. The van der Waals surface area contributed by atoms with Crippen molar-refractivity contribution < 1.29 is 9.84 Å². The zero-order valence-corrected chi connectivity index (χ0v) is 10.5. The minimum Gasteiger partial charge on any atom is -0.394 e. The molecule has 4 nitrogen and oxygen atoms in total. The molecule has 2 rings (SSSR count). The van der Waals surface area contributed by atoms with E-state index >= 15 is 0 Å². The molecular formula is C11H18N2O2S. The maximum Gasteiger partial charge on any atom is 0.0936 e. The Hall–Kier alpha value is -0.490. The van der Waals surface area contributed by atoms with Crippen LogP contribution in [0.5, 0.6) is 0 Å². The van der Waals surface area contributed by atoms with Crippen LogP contribution in [0, 0.1) is 6.92 Å². The van der Waals surface area contributed by atoms with E-state index in [0.29, 0.717) is 0 Å². The number of morpholine rings is 1. The summed E-state index contributed by atoms with van der Waals surface area (Å²) < 4.78 is 5.60. The van der Waals surface area contributed by atoms with Gasteiger partial charge in [-0.2, -0.15) is 0 Å². The van der Waals surface area contributed by atoms with E-state index in [1.54, 1.807) is 11.3 Å². The average molecular weight is 242 g/mol. The van der Waals surface area contributed by atoms with E-state index in [0.717, 1.165) is 30.3 Å². The Morgan fingerprint density at radius 1 is 1.62 bits per heavy atom. The van der Waals surface area contributed by atoms with Crippen molar-refractivity contribution in [3.05, 3.63) is 16.1 Å². The minimum atomic E-state index is -0.0523. The summed E-state index contributed by atoms with van der Waals surface area (Å²) in [6.45, 7) is 6.71. The van der Waals surface area contributed by atoms with Crippen LogP contribution in [-0.2, 0) is 11.3 Å². The van der Waals surface area contributed by atoms with Gasteiger partial charge in [-0.3, -0.25) is 4.90 Å². The smallest absolute Gasteiger partial charge is 0.0936 e. The fourth-order valence-corrected chi connectivity index (χ4v) is 2.68. The van der Waals surface area contributed by atoms with E-state index in [4.69, 9.17) is 9.84 Å². The first-order chi connectivity index (χ1) is 7.67. The molecule has 2 unspecified atom stereocenters. The zero-order valence-electron chi connectivity index (χ0n) is 9.72. The first kappa shape index (κ1) is 12.0. The molecule has 16 heavy (non-hydrogen) atoms. The fraction of sp³-hybridized carbons (Fsp3) is 0.727. The van der Waals surface area contributed by atoms with Crippen LogP contribution in [0.1, 0.15) is 17.6 Å². The number of rotatable bonds is 3. The van der Waals surface area contributed by atoms with Crippen LogP contribution < -0.4 is 0 Å². The topological polar surface area (TPSA) is 45.6 Å². The Labute approximate surface area is 99.9 Å². The molecule has 0 amide bonds. The Bertz CT molecular complexity index is 342. The molecule has 0 aliphatic carbocycles. The van der Waals surface area contributed by atoms with Crippen LogP contribution in [0.2, 0.25) is 0 Å². The molecule has 1 aliphatic rings. The molecule has 0 bridgehead atoms. The predicted molar refractivity (Wildman–Crippen MR) is 63.5 cm³/mol. The Morgan fingerprint density at radius 3 is 3.06 bits per heavy atom. The van der Waals surface area contributed by atoms with Crippen molar-refractivity contribution in [3.63, 3.8) is 0 Å². The summed E-state index contributed by atoms with van der Waals surface area (Å²) in [7, 11) is 0. The number of hydrogen-bond donors (Lipinski definition) is 1. The molecule has 2 atom stereocenters. The van der Waals surface area contributed by atoms with Crippen LogP contribution in [0.25, 0.3) is 0 Å². The largest absolute Gasteiger partial charge is 0.394 e. The fourth-order valence-electron chi connectivity index (χ4n) is 2.08. The van der Waals surface area contributed by atoms with Crippen molar-refractivity contribution in [2.75, 3.05) is 19.7 Å². The van der Waals surface area contributed by atoms with Gasteiger partial charge in [0.2, 0.25) is 0 Å². The molecule has 0 saturated carbocycles. The number of aromatic nitrogens is 1. The Morgan fingerprint density at radius 2 is 2.44 bits per heavy atom. The normalized spacial score (nSPS) is 27.2. The van der Waals surface area contributed by atoms with E-state index in [2.05, 4.69) is 15.3 Å². The number of aryl methyl sites for hydroxylation is 1. The van der Waals surface area contributed by atoms with E-state index in [9.17, 15) is 0 Å². The molecule has 1 aliphatic heterocycles. The summed E-state index contributed by atoms with van der Waals surface area (Å²) in [6.07, 6.45) is 0.133. The standard InChI is InChI=1S/C11H18N2O2S/c1-8-3-13(5-11(6-14)15-8)4-10-7-16-9(2)12-10/h7-8,11,14H,3-6H2,1-2H3. The molecule has 0 spiro atoms. The van der Waals surface area contributed by atoms with E-state index in [1.165, 1.54) is 0 Å². The van der Waals surface area contributed by atoms with Crippen molar-refractivity contribution in [1.82, 2.24) is 9.88 Å². The van der Waals surface area contributed by atoms with Crippen LogP contribution in [0.4, 0.5) is 0 Å². The lowest BCUT2D eigenvalue weighted by atomic mass is 10.2. The Kier molecular flexibility index (Phi) is 3.91. The highest BCUT2D eigenvalue weighted by atomic mass is 32.1. The maximum atomic E-state index is 9.13. The first-order valence-corrected chi connectivity index (χ1v) is 6.45. The number of thiazole rings is 1. The SMILES string of the molecule is Cc1nc(CN2CC(C)OC(CO)C2)cs1. The van der Waals surface area contributed by atoms with Gasteiger partial charge in [0.05, 0.1) is 29.5 Å². The van der Waals surface area contributed by atoms with Crippen molar-refractivity contribution >= 4 is 11.3 Å². The van der Waals surface area contributed by atoms with E-state index in [-0.39, 0.29) is 18.8 Å². The molecule has 1 aromatic heterocycles. The van der Waals surface area contributed by atoms with Gasteiger partial charge < -0.3 is 9.84 Å². The molecule has 0 radical (unpaired) electrons. The van der Waals surface area contributed by atoms with Crippen molar-refractivity contribution in [2.24, 2.45) is 0 Å². The summed E-state index contributed by atoms with van der Waals surface area (Å²) in [4.78, 5) is 6.75. The number of nitrogens with zero attached hydrogens (tertiary/aromatic N) is 2. The molecule has 1 aromatic rings. The maximum absolute atomic E-state index is 9.13. The summed E-state index contributed by atoms with van der Waals surface area (Å²) in [5, 5.41) is 12.3. The van der Waals surface area contributed by atoms with Gasteiger partial charge in [0.25, 0.3) is 0 Å². The summed E-state index contributed by atoms with van der Waals surface area (Å²) in [5.74, 6) is 0. The summed E-state index contributed by atoms with van der Waals surface area (Å²) in [5.41, 5.74) is 1.12. The molecule has 5 heteroatoms. The van der Waals surface area contributed by atoms with E-state index in [1.807, 2.05) is 13.8 Å². The first-order valence-electron chi connectivity index (χ1n) is 5.57. The average Bonchev–Trinajstić information content (AvgIpc) is 2.63. The lowest BCUT2D eigenvalue weighted by molar-refractivity contribution is -0.0974. The molecule has 0 aromatic carbocycles. The van der Waals surface area contributed by atoms with Gasteiger partial charge in [-0.05, 0) is 13.8 Å². The highest BCUT2D eigenvalue weighted by Gasteiger charge is 2.24. The van der Waals surface area contributed by atoms with Gasteiger partial charge in [0.1, 0.15) is 0 Å². The third-order valence-corrected chi connectivity index (χ3v) is 3.48. The molecule has 2 heterocycles. The van der Waals surface area contributed by atoms with Crippen LogP contribution in [-0.4, -0.2) is 46.9 Å². The van der Waals surface area contributed by atoms with Crippen molar-refractivity contribution in [1.29, 1.82) is 0 Å². The van der Waals surface area contributed by atoms with Gasteiger partial charge in [-0.1, -0.05) is 0 Å². The molecule has 1 saturated heterocycles. The molecular weight excluding hydrogens is 224 g/mol. The summed E-state index contributed by atoms with van der Waals surface area (Å²) >= 11 is 1.68. The quantitative estimate of drug-likeness (QED) is 0.860. The minimum absolute atomic E-state index is 0.0523. The third kappa shape index (κ3) is 3.01. The van der Waals surface area contributed by atoms with Gasteiger partial charge in [0.15, 0.2) is 0 Å². The zero-order chi connectivity index (χ0) is 11.5. The van der Waals surface area contributed by atoms with E-state index < -0.39 is 0 Å². The highest BCUT2D eigenvalue weighted by Crippen LogP contribution is 2.15. The second-order valence-electron chi connectivity index (χ2n) is 4.30. The van der Waals surface area contributed by atoms with Gasteiger partial charge in [0, 0.05) is 25.0 Å². The van der Waals surface area contributed by atoms with Crippen molar-refractivity contribution in [3.8, 4) is 0 Å². The van der Waals surface area contributed by atoms with Crippen LogP contribution in [0.3, 0.4) is 0 Å². The molecule has 90 valence electrons. The monoisotopic (exact) mass is 242 g/mol. The van der Waals surface area contributed by atoms with Crippen LogP contribution >= 0.6 is 11.3 Å². The van der Waals surface area contributed by atoms with Crippen molar-refractivity contribution in [2.45, 2.75) is 32.6 Å². The van der Waals surface area contributed by atoms with Crippen LogP contribution in [0.15, 0.2) is 5.38 Å². The predicted octanol–water partition coefficient (Wildman–Crippen LogP) is 1.03. The highest BCUT2D eigenvalue weighted by molar-refractivity contribution is 7.09.